The predicted octanol–water partition coefficient (Wildman–Crippen LogP) is 5.89. The van der Waals surface area contributed by atoms with Gasteiger partial charge in [0.15, 0.2) is 0 Å². The average Bonchev–Trinajstić information content (AvgIpc) is 2.92. The lowest BCUT2D eigenvalue weighted by Crippen LogP contribution is -2.50. The van der Waals surface area contributed by atoms with Crippen LogP contribution in [0.5, 0.6) is 0 Å². The molecule has 4 aliphatic carbocycles. The zero-order valence-corrected chi connectivity index (χ0v) is 16.1. The molecule has 1 nitrogen and oxygen atoms in total. The summed E-state index contributed by atoms with van der Waals surface area (Å²) in [4.78, 5) is 0. The first kappa shape index (κ1) is 16.9. The summed E-state index contributed by atoms with van der Waals surface area (Å²) in [7, 11) is 0. The molecule has 0 saturated heterocycles. The first-order valence-electron chi connectivity index (χ1n) is 10.4. The molecule has 3 saturated carbocycles. The molecule has 0 aromatic carbocycles. The van der Waals surface area contributed by atoms with E-state index in [0.29, 0.717) is 10.8 Å². The molecule has 0 aromatic heterocycles. The maximum absolute atomic E-state index is 10.1. The van der Waals surface area contributed by atoms with Crippen LogP contribution < -0.4 is 0 Å². The van der Waals surface area contributed by atoms with Crippen LogP contribution in [0.15, 0.2) is 23.3 Å². The first-order valence-corrected chi connectivity index (χ1v) is 10.4. The molecular weight excluding hydrogens is 292 g/mol. The van der Waals surface area contributed by atoms with E-state index in [9.17, 15) is 5.11 Å². The minimum absolute atomic E-state index is 0.0806. The monoisotopic (exact) mass is 328 g/mol. The average molecular weight is 329 g/mol. The molecule has 0 spiro atoms. The summed E-state index contributed by atoms with van der Waals surface area (Å²) in [6, 6.07) is 0. The molecule has 1 heteroatoms. The Morgan fingerprint density at radius 3 is 2.67 bits per heavy atom. The van der Waals surface area contributed by atoms with Gasteiger partial charge in [0.25, 0.3) is 0 Å². The highest BCUT2D eigenvalue weighted by atomic mass is 16.3. The van der Waals surface area contributed by atoms with Crippen molar-refractivity contribution in [1.82, 2.24) is 0 Å². The van der Waals surface area contributed by atoms with Crippen LogP contribution in [0, 0.1) is 34.5 Å². The van der Waals surface area contributed by atoms with E-state index in [-0.39, 0.29) is 6.10 Å². The molecule has 7 unspecified atom stereocenters. The van der Waals surface area contributed by atoms with Gasteiger partial charge >= 0.3 is 0 Å². The number of aliphatic hydroxyl groups excluding tert-OH is 1. The van der Waals surface area contributed by atoms with Gasteiger partial charge in [-0.25, -0.2) is 0 Å². The van der Waals surface area contributed by atoms with Gasteiger partial charge in [-0.1, -0.05) is 37.1 Å². The van der Waals surface area contributed by atoms with Crippen molar-refractivity contribution >= 4 is 0 Å². The summed E-state index contributed by atoms with van der Waals surface area (Å²) in [6.45, 7) is 9.74. The largest absolute Gasteiger partial charge is 0.393 e. The van der Waals surface area contributed by atoms with Gasteiger partial charge in [-0.2, -0.15) is 0 Å². The highest BCUT2D eigenvalue weighted by Gasteiger charge is 2.58. The minimum atomic E-state index is -0.0806. The Hall–Kier alpha value is -0.560. The summed E-state index contributed by atoms with van der Waals surface area (Å²) >= 11 is 0. The Bertz CT molecular complexity index is 573. The molecule has 0 bridgehead atoms. The highest BCUT2D eigenvalue weighted by molar-refractivity contribution is 5.26. The van der Waals surface area contributed by atoms with Crippen molar-refractivity contribution in [3.63, 3.8) is 0 Å². The zero-order chi connectivity index (χ0) is 17.1. The molecule has 0 aromatic rings. The molecule has 7 atom stereocenters. The van der Waals surface area contributed by atoms with Crippen molar-refractivity contribution in [2.24, 2.45) is 34.5 Å². The standard InChI is InChI=1S/C23H36O/c1-5-15(2)19-8-9-20-18-7-6-16-14-17(24)10-12-22(16,3)21(18)11-13-23(19,20)4/h5-6,17-21,24H,7-14H2,1-4H3/b15-5+. The van der Waals surface area contributed by atoms with Crippen molar-refractivity contribution in [1.29, 1.82) is 0 Å². The van der Waals surface area contributed by atoms with Gasteiger partial charge in [-0.3, -0.25) is 0 Å². The van der Waals surface area contributed by atoms with E-state index >= 15 is 0 Å². The van der Waals surface area contributed by atoms with Crippen LogP contribution in [-0.4, -0.2) is 11.2 Å². The highest BCUT2D eigenvalue weighted by Crippen LogP contribution is 2.67. The van der Waals surface area contributed by atoms with Gasteiger partial charge < -0.3 is 5.11 Å². The Kier molecular flexibility index (Phi) is 4.03. The number of allylic oxidation sites excluding steroid dienone is 3. The summed E-state index contributed by atoms with van der Waals surface area (Å²) < 4.78 is 0. The van der Waals surface area contributed by atoms with E-state index in [1.807, 2.05) is 0 Å². The molecular formula is C23H36O. The third kappa shape index (κ3) is 2.23. The van der Waals surface area contributed by atoms with Gasteiger partial charge in [0.1, 0.15) is 0 Å². The SMILES string of the molecule is C/C=C(\C)C1CCC2C3CC=C4CC(O)CCC4(C)C3CCC12C. The molecule has 0 heterocycles. The molecule has 4 aliphatic rings. The number of fused-ring (bicyclic) bond motifs is 5. The number of rotatable bonds is 1. The van der Waals surface area contributed by atoms with Crippen molar-refractivity contribution in [2.45, 2.75) is 85.2 Å². The Balaban J connectivity index is 1.65. The normalized spacial score (nSPS) is 51.5. The fourth-order valence-electron chi connectivity index (χ4n) is 7.59. The molecule has 0 radical (unpaired) electrons. The van der Waals surface area contributed by atoms with Crippen LogP contribution in [0.1, 0.15) is 79.1 Å². The lowest BCUT2D eigenvalue weighted by molar-refractivity contribution is -0.0454. The van der Waals surface area contributed by atoms with Crippen LogP contribution in [0.4, 0.5) is 0 Å². The quantitative estimate of drug-likeness (QED) is 0.595. The third-order valence-corrected chi connectivity index (χ3v) is 9.08. The number of hydrogen-bond acceptors (Lipinski definition) is 1. The van der Waals surface area contributed by atoms with E-state index in [0.717, 1.165) is 36.5 Å². The van der Waals surface area contributed by atoms with Crippen LogP contribution in [0.2, 0.25) is 0 Å². The van der Waals surface area contributed by atoms with E-state index < -0.39 is 0 Å². The lowest BCUT2D eigenvalue weighted by Gasteiger charge is -2.58. The maximum Gasteiger partial charge on any atom is 0.0577 e. The van der Waals surface area contributed by atoms with Gasteiger partial charge in [-0.15, -0.1) is 0 Å². The molecule has 0 amide bonds. The second kappa shape index (κ2) is 5.73. The zero-order valence-electron chi connectivity index (χ0n) is 16.1. The van der Waals surface area contributed by atoms with Crippen molar-refractivity contribution in [3.8, 4) is 0 Å². The molecule has 134 valence electrons. The molecule has 24 heavy (non-hydrogen) atoms. The summed E-state index contributed by atoms with van der Waals surface area (Å²) in [6.07, 6.45) is 15.0. The molecule has 4 rings (SSSR count). The first-order chi connectivity index (χ1) is 11.4. The Morgan fingerprint density at radius 2 is 1.92 bits per heavy atom. The Morgan fingerprint density at radius 1 is 1.12 bits per heavy atom. The predicted molar refractivity (Wildman–Crippen MR) is 101 cm³/mol. The second-order valence-electron chi connectivity index (χ2n) is 9.86. The van der Waals surface area contributed by atoms with Crippen molar-refractivity contribution < 1.29 is 5.11 Å². The van der Waals surface area contributed by atoms with Crippen molar-refractivity contribution in [2.75, 3.05) is 0 Å². The van der Waals surface area contributed by atoms with Gasteiger partial charge in [0.05, 0.1) is 6.10 Å². The number of hydrogen-bond donors (Lipinski definition) is 1. The minimum Gasteiger partial charge on any atom is -0.393 e. The molecule has 0 aliphatic heterocycles. The third-order valence-electron chi connectivity index (χ3n) is 9.08. The van der Waals surface area contributed by atoms with Crippen LogP contribution in [0.3, 0.4) is 0 Å². The van der Waals surface area contributed by atoms with Gasteiger partial charge in [-0.05, 0) is 99.7 Å². The summed E-state index contributed by atoms with van der Waals surface area (Å²) in [5.74, 6) is 3.49. The van der Waals surface area contributed by atoms with E-state index in [4.69, 9.17) is 0 Å². The van der Waals surface area contributed by atoms with E-state index in [1.165, 1.54) is 38.5 Å². The van der Waals surface area contributed by atoms with Crippen LogP contribution >= 0.6 is 0 Å². The van der Waals surface area contributed by atoms with Crippen molar-refractivity contribution in [3.05, 3.63) is 23.3 Å². The van der Waals surface area contributed by atoms with Crippen LogP contribution in [-0.2, 0) is 0 Å². The summed E-state index contributed by atoms with van der Waals surface area (Å²) in [5.41, 5.74) is 4.16. The van der Waals surface area contributed by atoms with E-state index in [2.05, 4.69) is 39.8 Å². The second-order valence-corrected chi connectivity index (χ2v) is 9.86. The Labute approximate surface area is 148 Å². The maximum atomic E-state index is 10.1. The van der Waals surface area contributed by atoms with Gasteiger partial charge in [0.2, 0.25) is 0 Å². The fraction of sp³-hybridized carbons (Fsp3) is 0.826. The fourth-order valence-corrected chi connectivity index (χ4v) is 7.59. The lowest BCUT2D eigenvalue weighted by atomic mass is 9.47. The number of aliphatic hydroxyl groups is 1. The van der Waals surface area contributed by atoms with E-state index in [1.54, 1.807) is 11.1 Å². The topological polar surface area (TPSA) is 20.2 Å². The van der Waals surface area contributed by atoms with Crippen LogP contribution in [0.25, 0.3) is 0 Å². The van der Waals surface area contributed by atoms with Gasteiger partial charge in [0, 0.05) is 0 Å². The molecule has 3 fully saturated rings. The molecule has 1 N–H and O–H groups in total. The summed E-state index contributed by atoms with van der Waals surface area (Å²) in [5, 5.41) is 10.1. The smallest absolute Gasteiger partial charge is 0.0577 e.